The largest absolute Gasteiger partial charge is 0.329 e. The van der Waals surface area contributed by atoms with E-state index in [1.807, 2.05) is 6.08 Å². The molecule has 3 N–H and O–H groups in total. The molecule has 2 aliphatic carbocycles. The molecular formula is C14H26N2. The molecule has 0 unspecified atom stereocenters. The lowest BCUT2D eigenvalue weighted by atomic mass is 9.66. The van der Waals surface area contributed by atoms with Gasteiger partial charge in [0.05, 0.1) is 0 Å². The third-order valence-electron chi connectivity index (χ3n) is 4.94. The SMILES string of the molecule is C=CCNC1(CN)CCC2(CCCC2)CC1. The van der Waals surface area contributed by atoms with Gasteiger partial charge in [-0.2, -0.15) is 0 Å². The Morgan fingerprint density at radius 1 is 1.06 bits per heavy atom. The molecule has 2 aliphatic rings. The molecule has 0 atom stereocenters. The zero-order valence-corrected chi connectivity index (χ0v) is 10.4. The van der Waals surface area contributed by atoms with Gasteiger partial charge in [0.1, 0.15) is 0 Å². The fourth-order valence-corrected chi connectivity index (χ4v) is 3.63. The van der Waals surface area contributed by atoms with Crippen LogP contribution in [-0.4, -0.2) is 18.6 Å². The number of nitrogens with one attached hydrogen (secondary N) is 1. The van der Waals surface area contributed by atoms with E-state index in [1.165, 1.54) is 51.4 Å². The van der Waals surface area contributed by atoms with E-state index in [4.69, 9.17) is 5.73 Å². The Kier molecular flexibility index (Phi) is 3.70. The predicted octanol–water partition coefficient (Wildman–Crippen LogP) is 2.59. The molecule has 2 rings (SSSR count). The van der Waals surface area contributed by atoms with E-state index < -0.39 is 0 Å². The lowest BCUT2D eigenvalue weighted by molar-refractivity contribution is 0.117. The predicted molar refractivity (Wildman–Crippen MR) is 69.4 cm³/mol. The minimum absolute atomic E-state index is 0.210. The van der Waals surface area contributed by atoms with Crippen molar-refractivity contribution in [1.82, 2.24) is 5.32 Å². The van der Waals surface area contributed by atoms with Crippen LogP contribution in [0.3, 0.4) is 0 Å². The van der Waals surface area contributed by atoms with Crippen molar-refractivity contribution >= 4 is 0 Å². The summed E-state index contributed by atoms with van der Waals surface area (Å²) in [5, 5.41) is 3.60. The van der Waals surface area contributed by atoms with Crippen molar-refractivity contribution in [3.8, 4) is 0 Å². The van der Waals surface area contributed by atoms with E-state index in [1.54, 1.807) is 0 Å². The molecule has 0 aliphatic heterocycles. The Morgan fingerprint density at radius 3 is 2.19 bits per heavy atom. The molecule has 0 aromatic heterocycles. The third kappa shape index (κ3) is 2.33. The van der Waals surface area contributed by atoms with E-state index in [-0.39, 0.29) is 5.54 Å². The topological polar surface area (TPSA) is 38.0 Å². The van der Waals surface area contributed by atoms with Gasteiger partial charge in [0, 0.05) is 18.6 Å². The molecule has 0 amide bonds. The summed E-state index contributed by atoms with van der Waals surface area (Å²) >= 11 is 0. The minimum Gasteiger partial charge on any atom is -0.329 e. The van der Waals surface area contributed by atoms with Gasteiger partial charge in [-0.3, -0.25) is 0 Å². The van der Waals surface area contributed by atoms with Gasteiger partial charge in [-0.25, -0.2) is 0 Å². The van der Waals surface area contributed by atoms with Gasteiger partial charge in [0.25, 0.3) is 0 Å². The van der Waals surface area contributed by atoms with Crippen LogP contribution in [0.25, 0.3) is 0 Å². The maximum Gasteiger partial charge on any atom is 0.0307 e. The number of hydrogen-bond acceptors (Lipinski definition) is 2. The number of nitrogens with two attached hydrogens (primary N) is 1. The third-order valence-corrected chi connectivity index (χ3v) is 4.94. The van der Waals surface area contributed by atoms with Crippen molar-refractivity contribution in [2.24, 2.45) is 11.1 Å². The second-order valence-electron chi connectivity index (χ2n) is 5.86. The van der Waals surface area contributed by atoms with E-state index in [0.29, 0.717) is 5.41 Å². The average molecular weight is 222 g/mol. The fraction of sp³-hybridized carbons (Fsp3) is 0.857. The van der Waals surface area contributed by atoms with Crippen LogP contribution in [0, 0.1) is 5.41 Å². The molecule has 2 nitrogen and oxygen atoms in total. The van der Waals surface area contributed by atoms with Crippen LogP contribution >= 0.6 is 0 Å². The van der Waals surface area contributed by atoms with Crippen molar-refractivity contribution in [1.29, 1.82) is 0 Å². The summed E-state index contributed by atoms with van der Waals surface area (Å²) in [6.45, 7) is 5.45. The van der Waals surface area contributed by atoms with Gasteiger partial charge in [-0.1, -0.05) is 18.9 Å². The van der Waals surface area contributed by atoms with Crippen LogP contribution in [0.1, 0.15) is 51.4 Å². The molecule has 0 aromatic carbocycles. The van der Waals surface area contributed by atoms with Gasteiger partial charge in [-0.05, 0) is 43.9 Å². The standard InChI is InChI=1S/C14H26N2/c1-2-11-16-14(12-15)9-7-13(8-10-14)5-3-4-6-13/h2,16H,1,3-12,15H2. The molecule has 92 valence electrons. The summed E-state index contributed by atoms with van der Waals surface area (Å²) in [5.74, 6) is 0. The Hall–Kier alpha value is -0.340. The molecule has 2 saturated carbocycles. The first-order chi connectivity index (χ1) is 7.74. The molecule has 0 heterocycles. The first kappa shape index (κ1) is 12.1. The lowest BCUT2D eigenvalue weighted by Crippen LogP contribution is -2.54. The zero-order chi connectivity index (χ0) is 11.5. The molecule has 0 bridgehead atoms. The maximum atomic E-state index is 5.97. The van der Waals surface area contributed by atoms with Gasteiger partial charge in [-0.15, -0.1) is 6.58 Å². The Labute approximate surface area is 99.7 Å². The van der Waals surface area contributed by atoms with E-state index in [2.05, 4.69) is 11.9 Å². The van der Waals surface area contributed by atoms with Crippen molar-refractivity contribution in [2.75, 3.05) is 13.1 Å². The molecular weight excluding hydrogens is 196 g/mol. The summed E-state index contributed by atoms with van der Waals surface area (Å²) in [6, 6.07) is 0. The lowest BCUT2D eigenvalue weighted by Gasteiger charge is -2.45. The highest BCUT2D eigenvalue weighted by Crippen LogP contribution is 2.50. The fourth-order valence-electron chi connectivity index (χ4n) is 3.63. The normalized spacial score (nSPS) is 27.1. The van der Waals surface area contributed by atoms with Gasteiger partial charge < -0.3 is 11.1 Å². The second kappa shape index (κ2) is 4.89. The van der Waals surface area contributed by atoms with Crippen LogP contribution in [0.2, 0.25) is 0 Å². The molecule has 1 spiro atoms. The van der Waals surface area contributed by atoms with Gasteiger partial charge in [0.15, 0.2) is 0 Å². The highest BCUT2D eigenvalue weighted by atomic mass is 15.0. The molecule has 2 heteroatoms. The number of hydrogen-bond donors (Lipinski definition) is 2. The Morgan fingerprint density at radius 2 is 1.69 bits per heavy atom. The van der Waals surface area contributed by atoms with Crippen LogP contribution in [0.15, 0.2) is 12.7 Å². The minimum atomic E-state index is 0.210. The first-order valence-electron chi connectivity index (χ1n) is 6.80. The van der Waals surface area contributed by atoms with Crippen LogP contribution in [0.4, 0.5) is 0 Å². The molecule has 2 fully saturated rings. The molecule has 0 radical (unpaired) electrons. The Balaban J connectivity index is 1.92. The molecule has 0 aromatic rings. The zero-order valence-electron chi connectivity index (χ0n) is 10.4. The highest BCUT2D eigenvalue weighted by molar-refractivity contribution is 5.00. The summed E-state index contributed by atoms with van der Waals surface area (Å²) in [7, 11) is 0. The number of rotatable bonds is 4. The summed E-state index contributed by atoms with van der Waals surface area (Å²) in [5.41, 5.74) is 6.88. The van der Waals surface area contributed by atoms with Crippen molar-refractivity contribution < 1.29 is 0 Å². The molecule has 0 saturated heterocycles. The van der Waals surface area contributed by atoms with Crippen LogP contribution in [0.5, 0.6) is 0 Å². The average Bonchev–Trinajstić information content (AvgIpc) is 2.78. The van der Waals surface area contributed by atoms with E-state index in [0.717, 1.165) is 13.1 Å². The summed E-state index contributed by atoms with van der Waals surface area (Å²) in [6.07, 6.45) is 13.1. The van der Waals surface area contributed by atoms with Crippen LogP contribution in [-0.2, 0) is 0 Å². The first-order valence-corrected chi connectivity index (χ1v) is 6.80. The summed E-state index contributed by atoms with van der Waals surface area (Å²) in [4.78, 5) is 0. The summed E-state index contributed by atoms with van der Waals surface area (Å²) < 4.78 is 0. The molecule has 16 heavy (non-hydrogen) atoms. The maximum absolute atomic E-state index is 5.97. The van der Waals surface area contributed by atoms with Crippen molar-refractivity contribution in [3.05, 3.63) is 12.7 Å². The quantitative estimate of drug-likeness (QED) is 0.718. The van der Waals surface area contributed by atoms with Crippen molar-refractivity contribution in [2.45, 2.75) is 56.9 Å². The van der Waals surface area contributed by atoms with Crippen LogP contribution < -0.4 is 11.1 Å². The monoisotopic (exact) mass is 222 g/mol. The van der Waals surface area contributed by atoms with E-state index in [9.17, 15) is 0 Å². The second-order valence-corrected chi connectivity index (χ2v) is 5.86. The van der Waals surface area contributed by atoms with Crippen molar-refractivity contribution in [3.63, 3.8) is 0 Å². The van der Waals surface area contributed by atoms with Gasteiger partial charge in [0.2, 0.25) is 0 Å². The van der Waals surface area contributed by atoms with E-state index >= 15 is 0 Å². The van der Waals surface area contributed by atoms with Gasteiger partial charge >= 0.3 is 0 Å². The highest BCUT2D eigenvalue weighted by Gasteiger charge is 2.42. The Bertz CT molecular complexity index is 231. The smallest absolute Gasteiger partial charge is 0.0307 e.